The maximum absolute atomic E-state index is 6.88. The molecule has 0 saturated heterocycles. The van der Waals surface area contributed by atoms with E-state index >= 15 is 0 Å². The summed E-state index contributed by atoms with van der Waals surface area (Å²) in [6.07, 6.45) is 1.14. The summed E-state index contributed by atoms with van der Waals surface area (Å²) >= 11 is 3.35. The van der Waals surface area contributed by atoms with E-state index in [0.29, 0.717) is 5.57 Å². The minimum absolute atomic E-state index is 0.514. The highest BCUT2D eigenvalue weighted by Crippen LogP contribution is 2.10. The van der Waals surface area contributed by atoms with Crippen molar-refractivity contribution >= 4 is 22.1 Å². The van der Waals surface area contributed by atoms with Crippen molar-refractivity contribution in [3.63, 3.8) is 0 Å². The zero-order valence-electron chi connectivity index (χ0n) is 8.55. The van der Waals surface area contributed by atoms with Gasteiger partial charge in [-0.1, -0.05) is 40.4 Å². The van der Waals surface area contributed by atoms with Gasteiger partial charge in [0.15, 0.2) is 0 Å². The maximum atomic E-state index is 6.88. The standard InChI is InChI=1S/C11H8BrN.CH5N/c1-9(8-13)5-6-10-3-2-4-11(12)7-10;1-2/h2-4,7-8,13H,1H2;2H2,1H3. The third-order valence-corrected chi connectivity index (χ3v) is 1.86. The van der Waals surface area contributed by atoms with Crippen molar-refractivity contribution in [2.75, 3.05) is 7.05 Å². The molecule has 1 aromatic rings. The number of nitrogens with two attached hydrogens (primary N) is 1. The lowest BCUT2D eigenvalue weighted by molar-refractivity contribution is 1.48. The predicted molar refractivity (Wildman–Crippen MR) is 69.1 cm³/mol. The lowest BCUT2D eigenvalue weighted by Gasteiger charge is -1.90. The number of halogens is 1. The number of rotatable bonds is 1. The van der Waals surface area contributed by atoms with E-state index in [4.69, 9.17) is 5.41 Å². The van der Waals surface area contributed by atoms with Crippen LogP contribution in [0.4, 0.5) is 0 Å². The molecule has 1 aromatic carbocycles. The van der Waals surface area contributed by atoms with Gasteiger partial charge in [-0.2, -0.15) is 0 Å². The van der Waals surface area contributed by atoms with E-state index in [1.165, 1.54) is 7.05 Å². The summed E-state index contributed by atoms with van der Waals surface area (Å²) in [5.41, 5.74) is 5.93. The molecular weight excluding hydrogens is 252 g/mol. The van der Waals surface area contributed by atoms with Gasteiger partial charge in [0.25, 0.3) is 0 Å². The molecular formula is C12H13BrN2. The van der Waals surface area contributed by atoms with Crippen LogP contribution in [0.25, 0.3) is 0 Å². The van der Waals surface area contributed by atoms with Crippen LogP contribution in [0, 0.1) is 17.3 Å². The Kier molecular flexibility index (Phi) is 7.25. The van der Waals surface area contributed by atoms with Crippen LogP contribution in [-0.2, 0) is 0 Å². The monoisotopic (exact) mass is 264 g/mol. The molecule has 78 valence electrons. The molecule has 0 aromatic heterocycles. The molecule has 1 rings (SSSR count). The van der Waals surface area contributed by atoms with Gasteiger partial charge in [0.2, 0.25) is 0 Å². The molecule has 15 heavy (non-hydrogen) atoms. The number of nitrogens with one attached hydrogen (secondary N) is 1. The summed E-state index contributed by atoms with van der Waals surface area (Å²) in [6, 6.07) is 7.69. The van der Waals surface area contributed by atoms with Gasteiger partial charge in [0.05, 0.1) is 0 Å². The first-order valence-corrected chi connectivity index (χ1v) is 5.06. The highest BCUT2D eigenvalue weighted by molar-refractivity contribution is 9.10. The minimum Gasteiger partial charge on any atom is -0.333 e. The van der Waals surface area contributed by atoms with Gasteiger partial charge in [-0.05, 0) is 25.2 Å². The fraction of sp³-hybridized carbons (Fsp3) is 0.0833. The fourth-order valence-corrected chi connectivity index (χ4v) is 1.15. The van der Waals surface area contributed by atoms with Crippen molar-refractivity contribution in [1.29, 1.82) is 5.41 Å². The largest absolute Gasteiger partial charge is 0.333 e. The molecule has 0 amide bonds. The fourth-order valence-electron chi connectivity index (χ4n) is 0.755. The molecule has 0 bridgehead atoms. The van der Waals surface area contributed by atoms with Crippen molar-refractivity contribution in [1.82, 2.24) is 0 Å². The Morgan fingerprint density at radius 1 is 1.53 bits per heavy atom. The molecule has 0 spiro atoms. The molecule has 0 aliphatic carbocycles. The van der Waals surface area contributed by atoms with Crippen LogP contribution in [-0.4, -0.2) is 13.3 Å². The molecule has 0 heterocycles. The summed E-state index contributed by atoms with van der Waals surface area (Å²) in [6.45, 7) is 3.58. The second kappa shape index (κ2) is 7.98. The third kappa shape index (κ3) is 5.84. The van der Waals surface area contributed by atoms with Crippen LogP contribution < -0.4 is 5.73 Å². The summed E-state index contributed by atoms with van der Waals surface area (Å²) in [5, 5.41) is 6.88. The van der Waals surface area contributed by atoms with E-state index in [2.05, 4.69) is 40.1 Å². The third-order valence-electron chi connectivity index (χ3n) is 1.37. The van der Waals surface area contributed by atoms with E-state index in [-0.39, 0.29) is 0 Å². The Morgan fingerprint density at radius 2 is 2.20 bits per heavy atom. The van der Waals surface area contributed by atoms with Crippen LogP contribution in [0.2, 0.25) is 0 Å². The molecule has 2 nitrogen and oxygen atoms in total. The quantitative estimate of drug-likeness (QED) is 0.595. The van der Waals surface area contributed by atoms with Gasteiger partial charge in [-0.15, -0.1) is 0 Å². The predicted octanol–water partition coefficient (Wildman–Crippen LogP) is 2.58. The Hall–Kier alpha value is -1.37. The first-order chi connectivity index (χ1) is 7.22. The van der Waals surface area contributed by atoms with E-state index in [1.807, 2.05) is 24.3 Å². The second-order valence-corrected chi connectivity index (χ2v) is 3.35. The molecule has 0 unspecified atom stereocenters. The minimum atomic E-state index is 0.514. The summed E-state index contributed by atoms with van der Waals surface area (Å²) < 4.78 is 1.000. The van der Waals surface area contributed by atoms with Gasteiger partial charge in [-0.3, -0.25) is 0 Å². The van der Waals surface area contributed by atoms with E-state index in [1.54, 1.807) is 0 Å². The highest BCUT2D eigenvalue weighted by Gasteiger charge is 1.87. The number of hydrogen-bond donors (Lipinski definition) is 2. The van der Waals surface area contributed by atoms with E-state index in [9.17, 15) is 0 Å². The van der Waals surface area contributed by atoms with Gasteiger partial charge >= 0.3 is 0 Å². The van der Waals surface area contributed by atoms with Crippen molar-refractivity contribution in [3.05, 3.63) is 46.5 Å². The zero-order chi connectivity index (χ0) is 11.7. The first kappa shape index (κ1) is 13.6. The maximum Gasteiger partial charge on any atom is 0.0353 e. The van der Waals surface area contributed by atoms with Crippen molar-refractivity contribution in [2.24, 2.45) is 5.73 Å². The second-order valence-electron chi connectivity index (χ2n) is 2.43. The lowest BCUT2D eigenvalue weighted by atomic mass is 10.2. The van der Waals surface area contributed by atoms with Crippen LogP contribution in [0.3, 0.4) is 0 Å². The molecule has 0 radical (unpaired) electrons. The first-order valence-electron chi connectivity index (χ1n) is 4.27. The van der Waals surface area contributed by atoms with Gasteiger partial charge in [-0.25, -0.2) is 0 Å². The topological polar surface area (TPSA) is 49.9 Å². The van der Waals surface area contributed by atoms with Gasteiger partial charge < -0.3 is 11.1 Å². The van der Waals surface area contributed by atoms with Gasteiger partial charge in [0, 0.05) is 21.8 Å². The lowest BCUT2D eigenvalue weighted by Crippen LogP contribution is -1.76. The van der Waals surface area contributed by atoms with Crippen LogP contribution >= 0.6 is 15.9 Å². The van der Waals surface area contributed by atoms with Crippen molar-refractivity contribution in [2.45, 2.75) is 0 Å². The summed E-state index contributed by atoms with van der Waals surface area (Å²) in [7, 11) is 1.50. The molecule has 0 aliphatic heterocycles. The number of hydrogen-bond acceptors (Lipinski definition) is 2. The van der Waals surface area contributed by atoms with E-state index < -0.39 is 0 Å². The molecule has 3 N–H and O–H groups in total. The average molecular weight is 265 g/mol. The Morgan fingerprint density at radius 3 is 2.73 bits per heavy atom. The van der Waals surface area contributed by atoms with Crippen molar-refractivity contribution < 1.29 is 0 Å². The number of benzene rings is 1. The smallest absolute Gasteiger partial charge is 0.0353 e. The summed E-state index contributed by atoms with van der Waals surface area (Å²) in [5.74, 6) is 5.67. The normalized spacial score (nSPS) is 7.67. The SMILES string of the molecule is C=C(C#Cc1cccc(Br)c1)C=N.CN. The van der Waals surface area contributed by atoms with E-state index in [0.717, 1.165) is 16.3 Å². The molecule has 0 saturated carbocycles. The van der Waals surface area contributed by atoms with Crippen LogP contribution in [0.5, 0.6) is 0 Å². The summed E-state index contributed by atoms with van der Waals surface area (Å²) in [4.78, 5) is 0. The van der Waals surface area contributed by atoms with Crippen molar-refractivity contribution in [3.8, 4) is 11.8 Å². The van der Waals surface area contributed by atoms with Gasteiger partial charge in [0.1, 0.15) is 0 Å². The molecule has 0 atom stereocenters. The average Bonchev–Trinajstić information content (AvgIpc) is 2.29. The molecule has 3 heteroatoms. The molecule has 0 fully saturated rings. The zero-order valence-corrected chi connectivity index (χ0v) is 10.1. The molecule has 0 aliphatic rings. The Bertz CT molecular complexity index is 400. The van der Waals surface area contributed by atoms with Crippen LogP contribution in [0.1, 0.15) is 5.56 Å². The Balaban J connectivity index is 0.000000921. The Labute approximate surface area is 98.8 Å². The highest BCUT2D eigenvalue weighted by atomic mass is 79.9. The number of allylic oxidation sites excluding steroid dienone is 1. The van der Waals surface area contributed by atoms with Crippen LogP contribution in [0.15, 0.2) is 40.9 Å².